The van der Waals surface area contributed by atoms with Crippen LogP contribution < -0.4 is 10.2 Å². The minimum absolute atomic E-state index is 0.210. The van der Waals surface area contributed by atoms with Crippen LogP contribution in [0.1, 0.15) is 47.5 Å². The molecule has 1 saturated heterocycles. The summed E-state index contributed by atoms with van der Waals surface area (Å²) in [5, 5.41) is 2.86. The van der Waals surface area contributed by atoms with Crippen LogP contribution in [0.5, 0.6) is 0 Å². The molecule has 1 amide bonds. The van der Waals surface area contributed by atoms with E-state index >= 15 is 0 Å². The van der Waals surface area contributed by atoms with E-state index in [1.54, 1.807) is 6.07 Å². The number of carbonyl (C=O) groups is 1. The maximum Gasteiger partial charge on any atom is 0.270 e. The fourth-order valence-electron chi connectivity index (χ4n) is 2.61. The van der Waals surface area contributed by atoms with E-state index in [0.29, 0.717) is 31.4 Å². The Morgan fingerprint density at radius 3 is 2.68 bits per heavy atom. The summed E-state index contributed by atoms with van der Waals surface area (Å²) in [5.41, 5.74) is 1.24. The number of morpholine rings is 1. The van der Waals surface area contributed by atoms with Crippen molar-refractivity contribution in [1.29, 1.82) is 0 Å². The summed E-state index contributed by atoms with van der Waals surface area (Å²) in [6.45, 7) is 9.07. The lowest BCUT2D eigenvalue weighted by Gasteiger charge is -2.27. The van der Waals surface area contributed by atoms with Crippen molar-refractivity contribution in [1.82, 2.24) is 15.3 Å². The third kappa shape index (κ3) is 4.36. The molecule has 0 radical (unpaired) electrons. The second kappa shape index (κ2) is 7.65. The average molecular weight is 344 g/mol. The first-order chi connectivity index (χ1) is 12.0. The number of hydrogen-bond acceptors (Lipinski definition) is 6. The van der Waals surface area contributed by atoms with E-state index in [-0.39, 0.29) is 11.8 Å². The van der Waals surface area contributed by atoms with Crippen molar-refractivity contribution in [3.05, 3.63) is 41.1 Å². The summed E-state index contributed by atoms with van der Waals surface area (Å²) in [6, 6.07) is 5.49. The van der Waals surface area contributed by atoms with E-state index in [1.165, 1.54) is 0 Å². The van der Waals surface area contributed by atoms with Gasteiger partial charge in [0.1, 0.15) is 17.2 Å². The maximum absolute atomic E-state index is 12.5. The van der Waals surface area contributed by atoms with Gasteiger partial charge in [-0.05, 0) is 31.0 Å². The lowest BCUT2D eigenvalue weighted by molar-refractivity contribution is 0.0942. The van der Waals surface area contributed by atoms with Crippen LogP contribution in [0.4, 0.5) is 5.95 Å². The van der Waals surface area contributed by atoms with E-state index in [1.807, 2.05) is 19.1 Å². The second-order valence-corrected chi connectivity index (χ2v) is 6.43. The van der Waals surface area contributed by atoms with E-state index < -0.39 is 0 Å². The Morgan fingerprint density at radius 2 is 2.04 bits per heavy atom. The predicted molar refractivity (Wildman–Crippen MR) is 93.8 cm³/mol. The molecule has 1 N–H and O–H groups in total. The summed E-state index contributed by atoms with van der Waals surface area (Å²) < 4.78 is 10.9. The summed E-state index contributed by atoms with van der Waals surface area (Å²) in [7, 11) is 0. The number of anilines is 1. The highest BCUT2D eigenvalue weighted by molar-refractivity contribution is 5.92. The number of amides is 1. The lowest BCUT2D eigenvalue weighted by atomic mass is 10.1. The molecule has 0 unspecified atom stereocenters. The minimum Gasteiger partial charge on any atom is -0.465 e. The number of carbonyl (C=O) groups excluding carboxylic acids is 1. The molecule has 134 valence electrons. The van der Waals surface area contributed by atoms with Gasteiger partial charge < -0.3 is 19.4 Å². The minimum atomic E-state index is -0.229. The molecule has 3 heterocycles. The van der Waals surface area contributed by atoms with Gasteiger partial charge in [-0.1, -0.05) is 13.8 Å². The smallest absolute Gasteiger partial charge is 0.270 e. The standard InChI is InChI=1S/C18H24N4O3/c1-12(2)15-10-16(17(23)19-11-14-5-4-13(3)25-14)21-18(20-15)22-6-8-24-9-7-22/h4-5,10,12H,6-9,11H2,1-3H3,(H,19,23). The van der Waals surface area contributed by atoms with Gasteiger partial charge >= 0.3 is 0 Å². The molecule has 0 spiro atoms. The molecule has 1 aliphatic heterocycles. The fourth-order valence-corrected chi connectivity index (χ4v) is 2.61. The lowest BCUT2D eigenvalue weighted by Crippen LogP contribution is -2.38. The Balaban J connectivity index is 1.78. The average Bonchev–Trinajstić information content (AvgIpc) is 3.05. The number of aryl methyl sites for hydroxylation is 1. The Bertz CT molecular complexity index is 736. The van der Waals surface area contributed by atoms with Gasteiger partial charge in [0.25, 0.3) is 5.91 Å². The first-order valence-electron chi connectivity index (χ1n) is 8.58. The van der Waals surface area contributed by atoms with Crippen LogP contribution in [-0.4, -0.2) is 42.2 Å². The summed E-state index contributed by atoms with van der Waals surface area (Å²) in [5.74, 6) is 2.11. The Kier molecular flexibility index (Phi) is 5.33. The van der Waals surface area contributed by atoms with Gasteiger partial charge in [-0.3, -0.25) is 4.79 Å². The zero-order chi connectivity index (χ0) is 17.8. The van der Waals surface area contributed by atoms with Crippen molar-refractivity contribution in [2.75, 3.05) is 31.2 Å². The third-order valence-corrected chi connectivity index (χ3v) is 4.07. The van der Waals surface area contributed by atoms with Gasteiger partial charge in [-0.2, -0.15) is 0 Å². The van der Waals surface area contributed by atoms with Gasteiger partial charge in [0.15, 0.2) is 0 Å². The topological polar surface area (TPSA) is 80.5 Å². The highest BCUT2D eigenvalue weighted by Gasteiger charge is 2.19. The van der Waals surface area contributed by atoms with Crippen LogP contribution >= 0.6 is 0 Å². The molecular formula is C18H24N4O3. The molecule has 0 saturated carbocycles. The number of furan rings is 1. The highest BCUT2D eigenvalue weighted by Crippen LogP contribution is 2.18. The van der Waals surface area contributed by atoms with Gasteiger partial charge in [-0.15, -0.1) is 0 Å². The molecule has 7 nitrogen and oxygen atoms in total. The molecule has 2 aromatic rings. The second-order valence-electron chi connectivity index (χ2n) is 6.43. The summed E-state index contributed by atoms with van der Waals surface area (Å²) >= 11 is 0. The van der Waals surface area contributed by atoms with Crippen molar-refractivity contribution in [2.45, 2.75) is 33.2 Å². The van der Waals surface area contributed by atoms with Crippen LogP contribution in [0.3, 0.4) is 0 Å². The highest BCUT2D eigenvalue weighted by atomic mass is 16.5. The number of nitrogens with one attached hydrogen (secondary N) is 1. The Hall–Kier alpha value is -2.41. The van der Waals surface area contributed by atoms with Gasteiger partial charge in [0, 0.05) is 18.8 Å². The Morgan fingerprint density at radius 1 is 1.28 bits per heavy atom. The summed E-state index contributed by atoms with van der Waals surface area (Å²) in [6.07, 6.45) is 0. The van der Waals surface area contributed by atoms with E-state index in [9.17, 15) is 4.79 Å². The molecule has 0 aliphatic carbocycles. The third-order valence-electron chi connectivity index (χ3n) is 4.07. The molecular weight excluding hydrogens is 320 g/mol. The van der Waals surface area contributed by atoms with Crippen molar-refractivity contribution in [3.8, 4) is 0 Å². The Labute approximate surface area is 147 Å². The molecule has 7 heteroatoms. The van der Waals surface area contributed by atoms with Gasteiger partial charge in [0.2, 0.25) is 5.95 Å². The van der Waals surface area contributed by atoms with Crippen molar-refractivity contribution >= 4 is 11.9 Å². The molecule has 1 fully saturated rings. The SMILES string of the molecule is Cc1ccc(CNC(=O)c2cc(C(C)C)nc(N3CCOCC3)n2)o1. The fraction of sp³-hybridized carbons (Fsp3) is 0.500. The molecule has 0 atom stereocenters. The van der Waals surface area contributed by atoms with Crippen LogP contribution in [-0.2, 0) is 11.3 Å². The number of hydrogen-bond donors (Lipinski definition) is 1. The molecule has 0 aromatic carbocycles. The zero-order valence-electron chi connectivity index (χ0n) is 14.9. The van der Waals surface area contributed by atoms with Gasteiger partial charge in [-0.25, -0.2) is 9.97 Å². The predicted octanol–water partition coefficient (Wildman–Crippen LogP) is 2.27. The largest absolute Gasteiger partial charge is 0.465 e. The van der Waals surface area contributed by atoms with Crippen LogP contribution in [0.25, 0.3) is 0 Å². The number of ether oxygens (including phenoxy) is 1. The van der Waals surface area contributed by atoms with Gasteiger partial charge in [0.05, 0.1) is 19.8 Å². The summed E-state index contributed by atoms with van der Waals surface area (Å²) in [4.78, 5) is 23.7. The van der Waals surface area contributed by atoms with Crippen LogP contribution in [0.15, 0.2) is 22.6 Å². The number of rotatable bonds is 5. The maximum atomic E-state index is 12.5. The van der Waals surface area contributed by atoms with E-state index in [0.717, 1.165) is 30.3 Å². The first kappa shape index (κ1) is 17.4. The van der Waals surface area contributed by atoms with E-state index in [4.69, 9.17) is 9.15 Å². The first-order valence-corrected chi connectivity index (χ1v) is 8.58. The quantitative estimate of drug-likeness (QED) is 0.896. The monoisotopic (exact) mass is 344 g/mol. The zero-order valence-corrected chi connectivity index (χ0v) is 14.9. The molecule has 2 aromatic heterocycles. The van der Waals surface area contributed by atoms with Crippen molar-refractivity contribution < 1.29 is 13.9 Å². The van der Waals surface area contributed by atoms with Crippen LogP contribution in [0.2, 0.25) is 0 Å². The molecule has 0 bridgehead atoms. The normalized spacial score (nSPS) is 14.8. The molecule has 25 heavy (non-hydrogen) atoms. The van der Waals surface area contributed by atoms with Crippen LogP contribution in [0, 0.1) is 6.92 Å². The molecule has 1 aliphatic rings. The number of aromatic nitrogens is 2. The van der Waals surface area contributed by atoms with E-state index in [2.05, 4.69) is 34.0 Å². The molecule has 3 rings (SSSR count). The van der Waals surface area contributed by atoms with Crippen molar-refractivity contribution in [2.24, 2.45) is 0 Å². The number of nitrogens with zero attached hydrogens (tertiary/aromatic N) is 3. The van der Waals surface area contributed by atoms with Crippen molar-refractivity contribution in [3.63, 3.8) is 0 Å².